The lowest BCUT2D eigenvalue weighted by molar-refractivity contribution is -0.137. The van der Waals surface area contributed by atoms with Crippen molar-refractivity contribution in [2.24, 2.45) is 11.1 Å². The Labute approximate surface area is 116 Å². The molecule has 0 unspecified atom stereocenters. The van der Waals surface area contributed by atoms with Crippen LogP contribution >= 0.6 is 0 Å². The summed E-state index contributed by atoms with van der Waals surface area (Å²) in [5.41, 5.74) is 5.00. The summed E-state index contributed by atoms with van der Waals surface area (Å²) in [6, 6.07) is 2.26. The lowest BCUT2D eigenvalue weighted by atomic mass is 9.82. The maximum Gasteiger partial charge on any atom is 0.416 e. The molecule has 0 fully saturated rings. The van der Waals surface area contributed by atoms with Gasteiger partial charge in [0.25, 0.3) is 0 Å². The van der Waals surface area contributed by atoms with Crippen molar-refractivity contribution < 1.29 is 23.0 Å². The number of aliphatic hydroxyl groups is 1. The van der Waals surface area contributed by atoms with Crippen LogP contribution in [0, 0.1) is 5.41 Å². The number of hydrogen-bond donors (Lipinski definition) is 2. The van der Waals surface area contributed by atoms with Gasteiger partial charge in [-0.2, -0.15) is 13.2 Å². The zero-order valence-electron chi connectivity index (χ0n) is 12.0. The van der Waals surface area contributed by atoms with E-state index in [1.807, 2.05) is 0 Å². The molecule has 0 aliphatic carbocycles. The van der Waals surface area contributed by atoms with Crippen molar-refractivity contribution >= 4 is 0 Å². The van der Waals surface area contributed by atoms with Gasteiger partial charge in [-0.05, 0) is 17.5 Å². The number of halogens is 3. The van der Waals surface area contributed by atoms with E-state index in [0.29, 0.717) is 5.56 Å². The minimum Gasteiger partial charge on any atom is -0.496 e. The largest absolute Gasteiger partial charge is 0.496 e. The molecule has 0 aliphatic heterocycles. The molecule has 0 amide bonds. The molecule has 1 rings (SSSR count). The van der Waals surface area contributed by atoms with Gasteiger partial charge < -0.3 is 15.6 Å². The van der Waals surface area contributed by atoms with Gasteiger partial charge in [0.2, 0.25) is 0 Å². The lowest BCUT2D eigenvalue weighted by Gasteiger charge is -2.31. The fourth-order valence-corrected chi connectivity index (χ4v) is 1.87. The summed E-state index contributed by atoms with van der Waals surface area (Å²) in [7, 11) is 1.27. The van der Waals surface area contributed by atoms with Crippen molar-refractivity contribution in [1.82, 2.24) is 0 Å². The molecular weight excluding hydrogens is 271 g/mol. The second-order valence-electron chi connectivity index (χ2n) is 5.79. The molecule has 1 aromatic carbocycles. The van der Waals surface area contributed by atoms with Gasteiger partial charge in [-0.15, -0.1) is 0 Å². The Balaban J connectivity index is 3.20. The molecule has 0 saturated carbocycles. The van der Waals surface area contributed by atoms with Crippen molar-refractivity contribution in [1.29, 1.82) is 0 Å². The highest BCUT2D eigenvalue weighted by atomic mass is 19.4. The predicted octanol–water partition coefficient (Wildman–Crippen LogP) is 3.12. The zero-order chi connectivity index (χ0) is 15.7. The average molecular weight is 291 g/mol. The van der Waals surface area contributed by atoms with E-state index >= 15 is 0 Å². The van der Waals surface area contributed by atoms with E-state index in [1.54, 1.807) is 20.8 Å². The van der Waals surface area contributed by atoms with E-state index in [4.69, 9.17) is 10.5 Å². The maximum atomic E-state index is 12.6. The molecule has 3 N–H and O–H groups in total. The minimum absolute atomic E-state index is 0.0237. The molecule has 2 atom stereocenters. The van der Waals surface area contributed by atoms with Crippen molar-refractivity contribution in [3.8, 4) is 5.75 Å². The topological polar surface area (TPSA) is 55.5 Å². The third-order valence-corrected chi connectivity index (χ3v) is 3.15. The van der Waals surface area contributed by atoms with E-state index in [9.17, 15) is 18.3 Å². The van der Waals surface area contributed by atoms with Gasteiger partial charge in [0.1, 0.15) is 5.75 Å². The van der Waals surface area contributed by atoms with Crippen LogP contribution in [0.2, 0.25) is 0 Å². The van der Waals surface area contributed by atoms with Gasteiger partial charge in [-0.1, -0.05) is 26.8 Å². The minimum atomic E-state index is -4.45. The number of nitrogens with two attached hydrogens (primary N) is 1. The second-order valence-corrected chi connectivity index (χ2v) is 5.79. The summed E-state index contributed by atoms with van der Waals surface area (Å²) in [6.07, 6.45) is -5.36. The number of rotatable bonds is 3. The molecule has 20 heavy (non-hydrogen) atoms. The summed E-state index contributed by atoms with van der Waals surface area (Å²) in [6.45, 7) is 5.40. The SMILES string of the molecule is COc1cc(C(F)(F)F)ccc1[C@H](N)[C@H](O)C(C)(C)C. The van der Waals surface area contributed by atoms with Crippen molar-refractivity contribution in [2.75, 3.05) is 7.11 Å². The summed E-state index contributed by atoms with van der Waals surface area (Å²) in [4.78, 5) is 0. The van der Waals surface area contributed by atoms with E-state index in [1.165, 1.54) is 13.2 Å². The van der Waals surface area contributed by atoms with Crippen molar-refractivity contribution in [2.45, 2.75) is 39.1 Å². The molecule has 114 valence electrons. The smallest absolute Gasteiger partial charge is 0.416 e. The quantitative estimate of drug-likeness (QED) is 0.899. The summed E-state index contributed by atoms with van der Waals surface area (Å²) in [5.74, 6) is 0.0237. The third kappa shape index (κ3) is 3.64. The Morgan fingerprint density at radius 3 is 2.15 bits per heavy atom. The zero-order valence-corrected chi connectivity index (χ0v) is 12.0. The van der Waals surface area contributed by atoms with Gasteiger partial charge in [0.15, 0.2) is 0 Å². The average Bonchev–Trinajstić information content (AvgIpc) is 2.34. The van der Waals surface area contributed by atoms with Crippen molar-refractivity contribution in [3.05, 3.63) is 29.3 Å². The van der Waals surface area contributed by atoms with Crippen LogP contribution < -0.4 is 10.5 Å². The van der Waals surface area contributed by atoms with Crippen LogP contribution in [-0.2, 0) is 6.18 Å². The van der Waals surface area contributed by atoms with E-state index in [0.717, 1.165) is 12.1 Å². The number of aliphatic hydroxyl groups excluding tert-OH is 1. The first-order chi connectivity index (χ1) is 8.98. The van der Waals surface area contributed by atoms with Crippen molar-refractivity contribution in [3.63, 3.8) is 0 Å². The summed E-state index contributed by atoms with van der Waals surface area (Å²) < 4.78 is 42.9. The molecule has 0 saturated heterocycles. The Bertz CT molecular complexity index is 466. The highest BCUT2D eigenvalue weighted by Crippen LogP contribution is 2.37. The number of methoxy groups -OCH3 is 1. The van der Waals surface area contributed by atoms with Gasteiger partial charge in [-0.3, -0.25) is 0 Å². The molecule has 1 aromatic rings. The van der Waals surface area contributed by atoms with Crippen LogP contribution in [0.3, 0.4) is 0 Å². The van der Waals surface area contributed by atoms with Crippen LogP contribution in [0.25, 0.3) is 0 Å². The molecule has 0 bridgehead atoms. The molecule has 0 aliphatic rings. The number of ether oxygens (including phenoxy) is 1. The van der Waals surface area contributed by atoms with Gasteiger partial charge in [0.05, 0.1) is 24.8 Å². The first kappa shape index (κ1) is 16.8. The fourth-order valence-electron chi connectivity index (χ4n) is 1.87. The second kappa shape index (κ2) is 5.61. The van der Waals surface area contributed by atoms with Crippen LogP contribution in [0.1, 0.15) is 37.9 Å². The third-order valence-electron chi connectivity index (χ3n) is 3.15. The van der Waals surface area contributed by atoms with Crippen LogP contribution in [0.15, 0.2) is 18.2 Å². The highest BCUT2D eigenvalue weighted by molar-refractivity contribution is 5.41. The molecule has 6 heteroatoms. The first-order valence-electron chi connectivity index (χ1n) is 6.17. The molecule has 3 nitrogen and oxygen atoms in total. The summed E-state index contributed by atoms with van der Waals surface area (Å²) in [5, 5.41) is 10.2. The predicted molar refractivity (Wildman–Crippen MR) is 70.4 cm³/mol. The Kier molecular flexibility index (Phi) is 4.71. The monoisotopic (exact) mass is 291 g/mol. The van der Waals surface area contributed by atoms with Crippen LogP contribution in [-0.4, -0.2) is 18.3 Å². The molecule has 0 radical (unpaired) electrons. The van der Waals surface area contributed by atoms with Crippen LogP contribution in [0.4, 0.5) is 13.2 Å². The van der Waals surface area contributed by atoms with Gasteiger partial charge >= 0.3 is 6.18 Å². The Morgan fingerprint density at radius 1 is 1.20 bits per heavy atom. The molecular formula is C14H20F3NO2. The number of hydrogen-bond acceptors (Lipinski definition) is 3. The van der Waals surface area contributed by atoms with Gasteiger partial charge in [-0.25, -0.2) is 0 Å². The summed E-state index contributed by atoms with van der Waals surface area (Å²) >= 11 is 0. The number of benzene rings is 1. The van der Waals surface area contributed by atoms with Gasteiger partial charge in [0, 0.05) is 5.56 Å². The lowest BCUT2D eigenvalue weighted by Crippen LogP contribution is -2.37. The van der Waals surface area contributed by atoms with E-state index < -0.39 is 29.3 Å². The molecule has 0 heterocycles. The Morgan fingerprint density at radius 2 is 1.75 bits per heavy atom. The maximum absolute atomic E-state index is 12.6. The standard InChI is InChI=1S/C14H20F3NO2/c1-13(2,3)12(19)11(18)9-6-5-8(14(15,16)17)7-10(9)20-4/h5-7,11-12,19H,18H2,1-4H3/t11-,12-/m0/s1. The molecule has 0 aromatic heterocycles. The fraction of sp³-hybridized carbons (Fsp3) is 0.571. The molecule has 0 spiro atoms. The van der Waals surface area contributed by atoms with E-state index in [2.05, 4.69) is 0 Å². The highest BCUT2D eigenvalue weighted by Gasteiger charge is 2.34. The normalized spacial score (nSPS) is 15.8. The van der Waals surface area contributed by atoms with E-state index in [-0.39, 0.29) is 5.75 Å². The number of alkyl halides is 3. The first-order valence-corrected chi connectivity index (χ1v) is 6.17. The van der Waals surface area contributed by atoms with Crippen LogP contribution in [0.5, 0.6) is 5.75 Å². The Hall–Kier alpha value is -1.27.